The van der Waals surface area contributed by atoms with E-state index >= 15 is 0 Å². The molecule has 0 fully saturated rings. The average Bonchev–Trinajstić information content (AvgIpc) is 2.67. The van der Waals surface area contributed by atoms with Crippen LogP contribution in [0.4, 0.5) is 33.6 Å². The van der Waals surface area contributed by atoms with Gasteiger partial charge >= 0.3 is 10.6 Å². The molecule has 0 atom stereocenters. The van der Waals surface area contributed by atoms with E-state index in [1.807, 2.05) is 6.07 Å². The lowest BCUT2D eigenvalue weighted by Gasteiger charge is -2.12. The number of aryl methyl sites for hydroxylation is 2. The molecule has 8 rings (SSSR count). The number of pyridine rings is 1. The van der Waals surface area contributed by atoms with Crippen LogP contribution in [0.1, 0.15) is 40.7 Å². The molecule has 7 N–H and O–H groups in total. The minimum Gasteiger partial charge on any atom is -0.493 e. The molecule has 0 radical (unpaired) electrons. The fourth-order valence-corrected chi connectivity index (χ4v) is 13.0. The van der Waals surface area contributed by atoms with Crippen LogP contribution in [0.15, 0.2) is 111 Å². The second kappa shape index (κ2) is 25.0. The van der Waals surface area contributed by atoms with Crippen LogP contribution in [0.2, 0.25) is 0 Å². The molecule has 0 unspecified atom stereocenters. The number of rotatable bonds is 20. The predicted molar refractivity (Wildman–Crippen MR) is 299 cm³/mol. The number of aromatic hydroxyl groups is 1. The highest BCUT2D eigenvalue weighted by Gasteiger charge is 2.26. The first kappa shape index (κ1) is 64.1. The molecule has 3 aromatic heterocycles. The lowest BCUT2D eigenvalue weighted by molar-refractivity contribution is 0.282. The Morgan fingerprint density at radius 3 is 1.94 bits per heavy atom. The maximum atomic E-state index is 12.5. The number of thiazole rings is 1. The van der Waals surface area contributed by atoms with E-state index in [-0.39, 0.29) is 129 Å². The SMILES string of the molecule is Cc1cc(N=Nc2c(C)c(C#N)c3nc4c(C)c(S(=O)(=O)O)ccc4n3c2O)c(OCCCS(=O)(=O)O)cc1N=Nc1cc(CO)c(N=Nc2nc3c(S(=O)(=O)O)cc4ccc(S(=O)(=O)O)cc4c3s2)cc1SCCCS(=O)(=O)O.O=S(=O)=O. The molecular formula is C45H40N10O21S8. The van der Waals surface area contributed by atoms with Gasteiger partial charge in [0.05, 0.1) is 67.3 Å². The third kappa shape index (κ3) is 15.1. The zero-order chi connectivity index (χ0) is 62.0. The summed E-state index contributed by atoms with van der Waals surface area (Å²) < 4.78 is 200. The van der Waals surface area contributed by atoms with Crippen molar-refractivity contribution in [3.8, 4) is 17.7 Å². The van der Waals surface area contributed by atoms with E-state index < -0.39 is 99.9 Å². The zero-order valence-electron chi connectivity index (χ0n) is 42.8. The van der Waals surface area contributed by atoms with Crippen LogP contribution in [0.25, 0.3) is 37.7 Å². The minimum atomic E-state index is -4.92. The number of nitrogens with zero attached hydrogens (tertiary/aromatic N) is 10. The molecule has 8 aromatic rings. The maximum absolute atomic E-state index is 12.5. The highest BCUT2D eigenvalue weighted by atomic mass is 32.2. The smallest absolute Gasteiger partial charge is 0.425 e. The zero-order valence-corrected chi connectivity index (χ0v) is 49.3. The molecule has 0 amide bonds. The highest BCUT2D eigenvalue weighted by Crippen LogP contribution is 2.44. The van der Waals surface area contributed by atoms with Crippen molar-refractivity contribution in [1.82, 2.24) is 14.4 Å². The summed E-state index contributed by atoms with van der Waals surface area (Å²) >= 11 is 1.78. The second-order valence-corrected chi connectivity index (χ2v) is 27.3. The number of aliphatic hydroxyl groups excluding tert-OH is 1. The Bertz CT molecular complexity index is 4890. The Kier molecular flexibility index (Phi) is 19.1. The molecule has 84 heavy (non-hydrogen) atoms. The summed E-state index contributed by atoms with van der Waals surface area (Å²) in [5.41, 5.74) is 0.237. The number of thioether (sulfide) groups is 1. The summed E-state index contributed by atoms with van der Waals surface area (Å²) in [6, 6.07) is 14.3. The molecule has 0 spiro atoms. The second-order valence-electron chi connectivity index (χ2n) is 17.5. The molecular weight excluding hydrogens is 1270 g/mol. The summed E-state index contributed by atoms with van der Waals surface area (Å²) in [5, 5.41) is 58.3. The van der Waals surface area contributed by atoms with E-state index in [9.17, 15) is 80.3 Å². The van der Waals surface area contributed by atoms with Gasteiger partial charge in [0.15, 0.2) is 11.3 Å². The normalized spacial score (nSPS) is 12.8. The van der Waals surface area contributed by atoms with Gasteiger partial charge < -0.3 is 14.9 Å². The number of aromatic nitrogens is 3. The fraction of sp³-hybridized carbons (Fsp3) is 0.222. The Morgan fingerprint density at radius 2 is 1.32 bits per heavy atom. The molecule has 0 saturated heterocycles. The monoisotopic (exact) mass is 1310 g/mol. The van der Waals surface area contributed by atoms with Crippen molar-refractivity contribution < 1.29 is 92.4 Å². The molecule has 444 valence electrons. The van der Waals surface area contributed by atoms with E-state index in [0.717, 1.165) is 51.8 Å². The summed E-state index contributed by atoms with van der Waals surface area (Å²) in [6.07, 6.45) is -0.263. The first-order chi connectivity index (χ1) is 39.1. The third-order valence-corrected chi connectivity index (χ3v) is 18.2. The number of benzene rings is 5. The van der Waals surface area contributed by atoms with Crippen LogP contribution in [0, 0.1) is 32.1 Å². The fourth-order valence-electron chi connectivity index (χ4n) is 7.99. The first-order valence-electron chi connectivity index (χ1n) is 23.1. The van der Waals surface area contributed by atoms with Crippen molar-refractivity contribution >= 4 is 156 Å². The van der Waals surface area contributed by atoms with Crippen LogP contribution in [-0.4, -0.2) is 126 Å². The predicted octanol–water partition coefficient (Wildman–Crippen LogP) is 8.25. The largest absolute Gasteiger partial charge is 0.493 e. The van der Waals surface area contributed by atoms with Crippen LogP contribution < -0.4 is 4.74 Å². The van der Waals surface area contributed by atoms with Crippen molar-refractivity contribution in [3.63, 3.8) is 0 Å². The van der Waals surface area contributed by atoms with Gasteiger partial charge in [-0.25, -0.2) is 9.97 Å². The van der Waals surface area contributed by atoms with Crippen LogP contribution in [-0.2, 0) is 67.8 Å². The van der Waals surface area contributed by atoms with Crippen molar-refractivity contribution in [2.24, 2.45) is 30.7 Å². The quantitative estimate of drug-likeness (QED) is 0.0163. The lowest BCUT2D eigenvalue weighted by Crippen LogP contribution is -2.08. The maximum Gasteiger partial charge on any atom is 0.425 e. The number of hydrogen-bond donors (Lipinski definition) is 7. The number of hydrogen-bond acceptors (Lipinski definition) is 27. The molecule has 3 heterocycles. The number of imidazole rings is 1. The molecule has 5 aromatic carbocycles. The van der Waals surface area contributed by atoms with Crippen molar-refractivity contribution in [1.29, 1.82) is 5.26 Å². The molecule has 0 aliphatic rings. The Hall–Kier alpha value is -7.43. The van der Waals surface area contributed by atoms with Gasteiger partial charge in [0, 0.05) is 27.5 Å². The van der Waals surface area contributed by atoms with E-state index in [2.05, 4.69) is 40.7 Å². The molecule has 39 heteroatoms. The van der Waals surface area contributed by atoms with E-state index in [1.165, 1.54) is 50.2 Å². The Balaban J connectivity index is 0.00000245. The number of azo groups is 3. The molecule has 0 bridgehead atoms. The van der Waals surface area contributed by atoms with Crippen LogP contribution in [0.3, 0.4) is 0 Å². The van der Waals surface area contributed by atoms with Crippen molar-refractivity contribution in [2.75, 3.05) is 23.9 Å². The van der Waals surface area contributed by atoms with Crippen LogP contribution >= 0.6 is 23.1 Å². The lowest BCUT2D eigenvalue weighted by atomic mass is 10.1. The molecule has 0 aliphatic heterocycles. The third-order valence-electron chi connectivity index (χ3n) is 11.8. The molecule has 0 saturated carbocycles. The van der Waals surface area contributed by atoms with Gasteiger partial charge in [-0.15, -0.1) is 50.0 Å². The average molecular weight is 1310 g/mol. The van der Waals surface area contributed by atoms with Gasteiger partial charge in [-0.2, -0.15) is 52.5 Å². The number of fused-ring (bicyclic) bond motifs is 6. The molecule has 31 nitrogen and oxygen atoms in total. The van der Waals surface area contributed by atoms with E-state index in [1.54, 1.807) is 6.92 Å². The number of aliphatic hydroxyl groups is 1. The van der Waals surface area contributed by atoms with Gasteiger partial charge in [0.25, 0.3) is 50.6 Å². The van der Waals surface area contributed by atoms with Crippen molar-refractivity contribution in [2.45, 2.75) is 59.8 Å². The van der Waals surface area contributed by atoms with Gasteiger partial charge in [0.1, 0.15) is 33.5 Å². The van der Waals surface area contributed by atoms with E-state index in [0.29, 0.717) is 5.56 Å². The highest BCUT2D eigenvalue weighted by molar-refractivity contribution is 7.99. The summed E-state index contributed by atoms with van der Waals surface area (Å²) in [4.78, 5) is 7.29. The van der Waals surface area contributed by atoms with Gasteiger partial charge in [-0.05, 0) is 104 Å². The Morgan fingerprint density at radius 1 is 0.690 bits per heavy atom. The summed E-state index contributed by atoms with van der Waals surface area (Å²) in [6.45, 7) is 3.41. The van der Waals surface area contributed by atoms with Gasteiger partial charge in [0.2, 0.25) is 11.0 Å². The van der Waals surface area contributed by atoms with Gasteiger partial charge in [-0.3, -0.25) is 27.2 Å². The van der Waals surface area contributed by atoms with E-state index in [4.69, 9.17) is 17.4 Å². The van der Waals surface area contributed by atoms with Crippen LogP contribution in [0.5, 0.6) is 11.6 Å². The number of ether oxygens (including phenoxy) is 1. The summed E-state index contributed by atoms with van der Waals surface area (Å²) in [5.74, 6) is -1.88. The minimum absolute atomic E-state index is 0.00655. The number of nitriles is 1. The first-order valence-corrected chi connectivity index (χ1v) is 33.4. The standard InChI is InChI=1S/C45H40N10O18S7.O3S/c1-22-14-32(51-53-40-23(2)29(20-46)43-47-39-24(3)37(79(67,68)69)9-8-34(39)55(43)44(40)57)35(73-10-4-12-76(58,59)60)18-30(22)49-52-33-15-26(21-56)31(19-36(33)74-11-5-13-77(61,62)63)50-54-45-48-41-38(80(70,71)72)16-25-6-7-27(78(64,65)66)17-28(25)42(41)75-45;1-4(2)3/h6-9,14-19,56-57H,4-5,10-13,21H2,1-3H3,(H,58,59,60)(H,61,62,63)(H,64,65,66)(H,67,68,69)(H,70,71,72);. The topological polar surface area (TPSA) is 501 Å². The molecule has 0 aliphatic carbocycles. The van der Waals surface area contributed by atoms with Crippen molar-refractivity contribution in [3.05, 3.63) is 88.5 Å². The Labute approximate surface area is 485 Å². The van der Waals surface area contributed by atoms with Gasteiger partial charge in [-0.1, -0.05) is 17.4 Å². The summed E-state index contributed by atoms with van der Waals surface area (Å²) in [7, 11) is -26.2.